The van der Waals surface area contributed by atoms with Crippen molar-refractivity contribution in [2.24, 2.45) is 0 Å². The lowest BCUT2D eigenvalue weighted by Crippen LogP contribution is -2.27. The number of rotatable bonds is 6. The summed E-state index contributed by atoms with van der Waals surface area (Å²) in [6, 6.07) is 7.75. The average Bonchev–Trinajstić information content (AvgIpc) is 3.03. The second-order valence-electron chi connectivity index (χ2n) is 4.79. The third kappa shape index (κ3) is 4.62. The van der Waals surface area contributed by atoms with Crippen molar-refractivity contribution in [1.82, 2.24) is 5.32 Å². The molecule has 0 atom stereocenters. The molecule has 8 heteroatoms. The molecule has 0 saturated carbocycles. The summed E-state index contributed by atoms with van der Waals surface area (Å²) in [5, 5.41) is 17.8. The maximum Gasteiger partial charge on any atom is 0.271 e. The second kappa shape index (κ2) is 7.50. The maximum atomic E-state index is 11.9. The van der Waals surface area contributed by atoms with E-state index in [-0.39, 0.29) is 30.5 Å². The van der Waals surface area contributed by atoms with Crippen molar-refractivity contribution in [3.05, 3.63) is 56.3 Å². The lowest BCUT2D eigenvalue weighted by atomic mass is 10.2. The Morgan fingerprint density at radius 2 is 2.09 bits per heavy atom. The van der Waals surface area contributed by atoms with Gasteiger partial charge in [0.2, 0.25) is 5.91 Å². The molecule has 0 spiro atoms. The van der Waals surface area contributed by atoms with Crippen LogP contribution in [0.25, 0.3) is 0 Å². The van der Waals surface area contributed by atoms with E-state index >= 15 is 0 Å². The van der Waals surface area contributed by atoms with Crippen molar-refractivity contribution in [2.75, 3.05) is 11.9 Å². The first-order valence-corrected chi connectivity index (χ1v) is 7.72. The first-order valence-electron chi connectivity index (χ1n) is 6.84. The van der Waals surface area contributed by atoms with Crippen LogP contribution in [0, 0.1) is 17.0 Å². The SMILES string of the molecule is Cc1ccc([N+](=O)[O-])cc1NC(=O)CCNC(=O)c1cccs1. The molecular formula is C15H15N3O4S. The summed E-state index contributed by atoms with van der Waals surface area (Å²) in [5.74, 6) is -0.542. The van der Waals surface area contributed by atoms with Crippen LogP contribution in [-0.4, -0.2) is 23.3 Å². The van der Waals surface area contributed by atoms with Crippen molar-refractivity contribution in [3.8, 4) is 0 Å². The molecule has 0 aliphatic carbocycles. The van der Waals surface area contributed by atoms with Crippen molar-refractivity contribution < 1.29 is 14.5 Å². The number of nitro groups is 1. The Hall–Kier alpha value is -2.74. The minimum absolute atomic E-state index is 0.0826. The van der Waals surface area contributed by atoms with Gasteiger partial charge in [0.25, 0.3) is 11.6 Å². The van der Waals surface area contributed by atoms with Crippen LogP contribution >= 0.6 is 11.3 Å². The zero-order valence-electron chi connectivity index (χ0n) is 12.4. The van der Waals surface area contributed by atoms with Crippen LogP contribution in [0.3, 0.4) is 0 Å². The van der Waals surface area contributed by atoms with Gasteiger partial charge >= 0.3 is 0 Å². The van der Waals surface area contributed by atoms with Crippen LogP contribution in [-0.2, 0) is 4.79 Å². The molecule has 0 aliphatic heterocycles. The van der Waals surface area contributed by atoms with Crippen molar-refractivity contribution in [3.63, 3.8) is 0 Å². The van der Waals surface area contributed by atoms with Crippen LogP contribution in [0.4, 0.5) is 11.4 Å². The third-order valence-electron chi connectivity index (χ3n) is 3.09. The first kappa shape index (κ1) is 16.6. The molecule has 2 N–H and O–H groups in total. The Kier molecular flexibility index (Phi) is 5.42. The fraction of sp³-hybridized carbons (Fsp3) is 0.200. The van der Waals surface area contributed by atoms with Gasteiger partial charge < -0.3 is 10.6 Å². The molecule has 0 aliphatic rings. The summed E-state index contributed by atoms with van der Waals surface area (Å²) in [6.45, 7) is 1.94. The first-order chi connectivity index (χ1) is 11.0. The van der Waals surface area contributed by atoms with E-state index in [0.29, 0.717) is 10.6 Å². The van der Waals surface area contributed by atoms with Gasteiger partial charge in [0, 0.05) is 25.1 Å². The number of hydrogen-bond acceptors (Lipinski definition) is 5. The number of nitrogens with one attached hydrogen (secondary N) is 2. The molecule has 7 nitrogen and oxygen atoms in total. The highest BCUT2D eigenvalue weighted by Gasteiger charge is 2.12. The molecule has 0 fully saturated rings. The molecule has 1 heterocycles. The molecule has 2 rings (SSSR count). The van der Waals surface area contributed by atoms with Crippen LogP contribution in [0.2, 0.25) is 0 Å². The minimum Gasteiger partial charge on any atom is -0.351 e. The number of amides is 2. The topological polar surface area (TPSA) is 101 Å². The van der Waals surface area contributed by atoms with Gasteiger partial charge in [-0.05, 0) is 23.9 Å². The summed E-state index contributed by atoms with van der Waals surface area (Å²) >= 11 is 1.32. The van der Waals surface area contributed by atoms with Crippen molar-refractivity contribution >= 4 is 34.5 Å². The zero-order chi connectivity index (χ0) is 16.8. The fourth-order valence-electron chi connectivity index (χ4n) is 1.86. The lowest BCUT2D eigenvalue weighted by molar-refractivity contribution is -0.384. The molecule has 1 aromatic carbocycles. The largest absolute Gasteiger partial charge is 0.351 e. The van der Waals surface area contributed by atoms with Crippen molar-refractivity contribution in [2.45, 2.75) is 13.3 Å². The lowest BCUT2D eigenvalue weighted by Gasteiger charge is -2.08. The molecule has 0 saturated heterocycles. The van der Waals surface area contributed by atoms with Crippen LogP contribution in [0.15, 0.2) is 35.7 Å². The van der Waals surface area contributed by atoms with Crippen LogP contribution in [0.5, 0.6) is 0 Å². The van der Waals surface area contributed by atoms with Gasteiger partial charge in [-0.2, -0.15) is 0 Å². The van der Waals surface area contributed by atoms with Crippen LogP contribution < -0.4 is 10.6 Å². The summed E-state index contributed by atoms with van der Waals surface area (Å²) in [4.78, 5) is 34.4. The summed E-state index contributed by atoms with van der Waals surface area (Å²) in [5.41, 5.74) is 1.04. The Bertz CT molecular complexity index is 728. The van der Waals surface area contributed by atoms with E-state index in [1.54, 1.807) is 30.5 Å². The molecule has 2 amide bonds. The van der Waals surface area contributed by atoms with Gasteiger partial charge in [0.1, 0.15) is 0 Å². The number of nitrogens with zero attached hydrogens (tertiary/aromatic N) is 1. The van der Waals surface area contributed by atoms with Gasteiger partial charge in [-0.15, -0.1) is 11.3 Å². The monoisotopic (exact) mass is 333 g/mol. The maximum absolute atomic E-state index is 11.9. The van der Waals surface area contributed by atoms with E-state index in [2.05, 4.69) is 10.6 Å². The quantitative estimate of drug-likeness (QED) is 0.627. The number of aryl methyl sites for hydroxylation is 1. The smallest absolute Gasteiger partial charge is 0.271 e. The van der Waals surface area contributed by atoms with E-state index in [1.807, 2.05) is 0 Å². The summed E-state index contributed by atoms with van der Waals surface area (Å²) < 4.78 is 0. The summed E-state index contributed by atoms with van der Waals surface area (Å²) in [7, 11) is 0. The van der Waals surface area contributed by atoms with E-state index < -0.39 is 4.92 Å². The minimum atomic E-state index is -0.518. The molecule has 0 radical (unpaired) electrons. The number of hydrogen-bond donors (Lipinski definition) is 2. The molecule has 0 bridgehead atoms. The Labute approximate surface area is 136 Å². The Morgan fingerprint density at radius 1 is 1.30 bits per heavy atom. The Balaban J connectivity index is 1.86. The van der Waals surface area contributed by atoms with Gasteiger partial charge in [0.15, 0.2) is 0 Å². The molecule has 2 aromatic rings. The summed E-state index contributed by atoms with van der Waals surface area (Å²) in [6.07, 6.45) is 0.0826. The van der Waals surface area contributed by atoms with Gasteiger partial charge in [-0.3, -0.25) is 19.7 Å². The fourth-order valence-corrected chi connectivity index (χ4v) is 2.50. The van der Waals surface area contributed by atoms with E-state index in [9.17, 15) is 19.7 Å². The number of carbonyl (C=O) groups excluding carboxylic acids is 2. The van der Waals surface area contributed by atoms with Gasteiger partial charge in [-0.1, -0.05) is 12.1 Å². The van der Waals surface area contributed by atoms with E-state index in [0.717, 1.165) is 5.56 Å². The molecule has 0 unspecified atom stereocenters. The van der Waals surface area contributed by atoms with Crippen LogP contribution in [0.1, 0.15) is 21.7 Å². The predicted octanol–water partition coefficient (Wildman–Crippen LogP) is 2.72. The number of nitro benzene ring substituents is 1. The highest BCUT2D eigenvalue weighted by molar-refractivity contribution is 7.12. The number of anilines is 1. The van der Waals surface area contributed by atoms with Gasteiger partial charge in [-0.25, -0.2) is 0 Å². The standard InChI is InChI=1S/C15H15N3O4S/c1-10-4-5-11(18(21)22)9-12(10)17-14(19)6-7-16-15(20)13-3-2-8-23-13/h2-5,8-9H,6-7H2,1H3,(H,16,20)(H,17,19). The highest BCUT2D eigenvalue weighted by Crippen LogP contribution is 2.21. The number of non-ortho nitro benzene ring substituents is 1. The molecule has 120 valence electrons. The van der Waals surface area contributed by atoms with E-state index in [1.165, 1.54) is 23.5 Å². The van der Waals surface area contributed by atoms with Crippen molar-refractivity contribution in [1.29, 1.82) is 0 Å². The average molecular weight is 333 g/mol. The second-order valence-corrected chi connectivity index (χ2v) is 5.74. The number of thiophene rings is 1. The zero-order valence-corrected chi connectivity index (χ0v) is 13.2. The van der Waals surface area contributed by atoms with E-state index in [4.69, 9.17) is 0 Å². The third-order valence-corrected chi connectivity index (χ3v) is 3.96. The highest BCUT2D eigenvalue weighted by atomic mass is 32.1. The molecule has 1 aromatic heterocycles. The number of benzene rings is 1. The number of carbonyl (C=O) groups is 2. The molecular weight excluding hydrogens is 318 g/mol. The van der Waals surface area contributed by atoms with Gasteiger partial charge in [0.05, 0.1) is 15.5 Å². The normalized spacial score (nSPS) is 10.1. The predicted molar refractivity (Wildman–Crippen MR) is 87.7 cm³/mol. The molecule has 23 heavy (non-hydrogen) atoms. The Morgan fingerprint density at radius 3 is 2.74 bits per heavy atom.